The van der Waals surface area contributed by atoms with Gasteiger partial charge in [0.15, 0.2) is 0 Å². The molecule has 1 aliphatic heterocycles. The van der Waals surface area contributed by atoms with Crippen LogP contribution in [0.2, 0.25) is 0 Å². The lowest BCUT2D eigenvalue weighted by Gasteiger charge is -2.40. The maximum atomic E-state index is 11.8. The van der Waals surface area contributed by atoms with Gasteiger partial charge in [0.1, 0.15) is 11.9 Å². The Morgan fingerprint density at radius 2 is 1.89 bits per heavy atom. The molecule has 0 aromatic carbocycles. The molecular weight excluding hydrogens is 242 g/mol. The van der Waals surface area contributed by atoms with E-state index >= 15 is 0 Å². The molecule has 1 saturated carbocycles. The zero-order valence-electron chi connectivity index (χ0n) is 12.6. The van der Waals surface area contributed by atoms with Gasteiger partial charge in [0.2, 0.25) is 0 Å². The van der Waals surface area contributed by atoms with E-state index in [1.807, 2.05) is 20.8 Å². The van der Waals surface area contributed by atoms with E-state index in [1.54, 1.807) is 4.90 Å². The van der Waals surface area contributed by atoms with Crippen LogP contribution >= 0.6 is 0 Å². The second-order valence-electron chi connectivity index (χ2n) is 7.26. The molecule has 19 heavy (non-hydrogen) atoms. The van der Waals surface area contributed by atoms with Gasteiger partial charge < -0.3 is 14.4 Å². The molecule has 1 saturated heterocycles. The molecule has 0 aromatic heterocycles. The van der Waals surface area contributed by atoms with Gasteiger partial charge in [-0.1, -0.05) is 13.8 Å². The van der Waals surface area contributed by atoms with E-state index in [0.717, 1.165) is 19.4 Å². The van der Waals surface area contributed by atoms with Crippen molar-refractivity contribution in [2.75, 3.05) is 13.1 Å². The number of likely N-dealkylation sites (tertiary alicyclic amines) is 1. The molecular formula is C15H25NO3. The highest BCUT2D eigenvalue weighted by Gasteiger charge is 2.58. The number of hydrogen-bond donors (Lipinski definition) is 0. The van der Waals surface area contributed by atoms with Crippen molar-refractivity contribution in [1.82, 2.24) is 4.90 Å². The topological polar surface area (TPSA) is 46.6 Å². The van der Waals surface area contributed by atoms with Gasteiger partial charge in [-0.15, -0.1) is 0 Å². The highest BCUT2D eigenvalue weighted by molar-refractivity contribution is 5.69. The largest absolute Gasteiger partial charge is 0.444 e. The third-order valence-corrected chi connectivity index (χ3v) is 4.23. The molecule has 0 radical (unpaired) electrons. The van der Waals surface area contributed by atoms with Gasteiger partial charge in [-0.25, -0.2) is 4.79 Å². The molecule has 3 unspecified atom stereocenters. The molecule has 1 amide bonds. The second-order valence-corrected chi connectivity index (χ2v) is 7.26. The molecule has 4 heteroatoms. The van der Waals surface area contributed by atoms with Crippen LogP contribution in [0.1, 0.15) is 34.6 Å². The molecule has 2 fully saturated rings. The number of carbonyl (C=O) groups is 2. The fourth-order valence-electron chi connectivity index (χ4n) is 3.32. The van der Waals surface area contributed by atoms with Crippen LogP contribution in [0, 0.1) is 29.6 Å². The van der Waals surface area contributed by atoms with Crippen molar-refractivity contribution in [3.05, 3.63) is 0 Å². The summed E-state index contributed by atoms with van der Waals surface area (Å²) in [5, 5.41) is 0. The van der Waals surface area contributed by atoms with Gasteiger partial charge in [-0.3, -0.25) is 0 Å². The van der Waals surface area contributed by atoms with E-state index in [1.165, 1.54) is 0 Å². The Labute approximate surface area is 115 Å². The predicted molar refractivity (Wildman–Crippen MR) is 72.7 cm³/mol. The standard InChI is InChI=1S/C15H25NO3/c1-9(2)12-11(8-17)13(12)10-6-16(7-10)14(18)19-15(3,4)5/h8-13H,6-7H2,1-5H3. The summed E-state index contributed by atoms with van der Waals surface area (Å²) in [4.78, 5) is 24.6. The summed E-state index contributed by atoms with van der Waals surface area (Å²) in [6.45, 7) is 11.5. The Hall–Kier alpha value is -1.06. The molecule has 3 atom stereocenters. The van der Waals surface area contributed by atoms with E-state index in [-0.39, 0.29) is 12.0 Å². The molecule has 0 aromatic rings. The lowest BCUT2D eigenvalue weighted by molar-refractivity contribution is -0.109. The van der Waals surface area contributed by atoms with E-state index in [4.69, 9.17) is 4.74 Å². The minimum absolute atomic E-state index is 0.214. The van der Waals surface area contributed by atoms with Crippen molar-refractivity contribution in [2.24, 2.45) is 29.6 Å². The summed E-state index contributed by atoms with van der Waals surface area (Å²) >= 11 is 0. The minimum atomic E-state index is -0.437. The summed E-state index contributed by atoms with van der Waals surface area (Å²) in [7, 11) is 0. The molecule has 0 spiro atoms. The van der Waals surface area contributed by atoms with Crippen LogP contribution in [-0.4, -0.2) is 36.0 Å². The van der Waals surface area contributed by atoms with Crippen molar-refractivity contribution in [2.45, 2.75) is 40.2 Å². The van der Waals surface area contributed by atoms with Crippen LogP contribution in [0.25, 0.3) is 0 Å². The molecule has 1 heterocycles. The van der Waals surface area contributed by atoms with Crippen molar-refractivity contribution >= 4 is 12.4 Å². The maximum Gasteiger partial charge on any atom is 0.410 e. The number of nitrogens with zero attached hydrogens (tertiary/aromatic N) is 1. The summed E-state index contributed by atoms with van der Waals surface area (Å²) < 4.78 is 5.34. The van der Waals surface area contributed by atoms with Gasteiger partial charge in [-0.2, -0.15) is 0 Å². The SMILES string of the molecule is CC(C)C1C(C=O)C1C1CN(C(=O)OC(C)(C)C)C1. The Bertz CT molecular complexity index is 366. The van der Waals surface area contributed by atoms with Crippen LogP contribution in [0.4, 0.5) is 4.79 Å². The van der Waals surface area contributed by atoms with Crippen molar-refractivity contribution < 1.29 is 14.3 Å². The first-order valence-corrected chi connectivity index (χ1v) is 7.18. The molecule has 4 nitrogen and oxygen atoms in total. The number of carbonyl (C=O) groups excluding carboxylic acids is 2. The van der Waals surface area contributed by atoms with Gasteiger partial charge in [0, 0.05) is 19.0 Å². The summed E-state index contributed by atoms with van der Waals surface area (Å²) in [6, 6.07) is 0. The smallest absolute Gasteiger partial charge is 0.410 e. The average Bonchev–Trinajstić information content (AvgIpc) is 2.86. The number of amides is 1. The van der Waals surface area contributed by atoms with Crippen LogP contribution in [0.5, 0.6) is 0 Å². The van der Waals surface area contributed by atoms with Crippen molar-refractivity contribution in [3.63, 3.8) is 0 Å². The van der Waals surface area contributed by atoms with Crippen LogP contribution < -0.4 is 0 Å². The first-order valence-electron chi connectivity index (χ1n) is 7.18. The van der Waals surface area contributed by atoms with Gasteiger partial charge >= 0.3 is 6.09 Å². The number of hydrogen-bond acceptors (Lipinski definition) is 3. The maximum absolute atomic E-state index is 11.8. The fourth-order valence-corrected chi connectivity index (χ4v) is 3.32. The molecule has 0 N–H and O–H groups in total. The second kappa shape index (κ2) is 4.80. The average molecular weight is 267 g/mol. The first-order chi connectivity index (χ1) is 8.74. The normalized spacial score (nSPS) is 31.1. The van der Waals surface area contributed by atoms with Gasteiger partial charge in [0.05, 0.1) is 0 Å². The summed E-state index contributed by atoms with van der Waals surface area (Å²) in [5.74, 6) is 2.25. The quantitative estimate of drug-likeness (QED) is 0.738. The third-order valence-electron chi connectivity index (χ3n) is 4.23. The monoisotopic (exact) mass is 267 g/mol. The first kappa shape index (κ1) is 14.4. The van der Waals surface area contributed by atoms with E-state index in [2.05, 4.69) is 13.8 Å². The van der Waals surface area contributed by atoms with Gasteiger partial charge in [-0.05, 0) is 44.4 Å². The van der Waals surface area contributed by atoms with E-state index < -0.39 is 5.60 Å². The third kappa shape index (κ3) is 2.93. The zero-order valence-corrected chi connectivity index (χ0v) is 12.6. The molecule has 0 bridgehead atoms. The zero-order chi connectivity index (χ0) is 14.4. The Morgan fingerprint density at radius 3 is 2.26 bits per heavy atom. The summed E-state index contributed by atoms with van der Waals surface area (Å²) in [6.07, 6.45) is 0.874. The van der Waals surface area contributed by atoms with Crippen molar-refractivity contribution in [1.29, 1.82) is 0 Å². The van der Waals surface area contributed by atoms with Crippen LogP contribution in [-0.2, 0) is 9.53 Å². The van der Waals surface area contributed by atoms with Gasteiger partial charge in [0.25, 0.3) is 0 Å². The number of ether oxygens (including phenoxy) is 1. The summed E-state index contributed by atoms with van der Waals surface area (Å²) in [5.41, 5.74) is -0.437. The molecule has 2 aliphatic rings. The Kier molecular flexibility index (Phi) is 3.63. The fraction of sp³-hybridized carbons (Fsp3) is 0.867. The highest BCUT2D eigenvalue weighted by Crippen LogP contribution is 2.55. The number of aldehydes is 1. The molecule has 1 aliphatic carbocycles. The van der Waals surface area contributed by atoms with Crippen molar-refractivity contribution in [3.8, 4) is 0 Å². The predicted octanol–water partition coefficient (Wildman–Crippen LogP) is 2.57. The minimum Gasteiger partial charge on any atom is -0.444 e. The van der Waals surface area contributed by atoms with Crippen LogP contribution in [0.3, 0.4) is 0 Å². The molecule has 108 valence electrons. The number of rotatable bonds is 3. The Morgan fingerprint density at radius 1 is 1.32 bits per heavy atom. The Balaban J connectivity index is 1.81. The molecule has 2 rings (SSSR count). The lowest BCUT2D eigenvalue weighted by atomic mass is 9.91. The lowest BCUT2D eigenvalue weighted by Crippen LogP contribution is -2.52. The van der Waals surface area contributed by atoms with E-state index in [0.29, 0.717) is 23.7 Å². The highest BCUT2D eigenvalue weighted by atomic mass is 16.6. The van der Waals surface area contributed by atoms with Crippen LogP contribution in [0.15, 0.2) is 0 Å². The van der Waals surface area contributed by atoms with E-state index in [9.17, 15) is 9.59 Å².